The maximum absolute atomic E-state index is 2.34. The molecule has 0 rings (SSSR count). The molecule has 0 nitrogen and oxygen atoms in total. The molecular weight excluding hydrogens is 265 g/mol. The SMILES string of the molecule is C[CH2][Sb]([CH2]C)[CH2]C.Cl.Cl. The molecule has 0 aromatic rings. The van der Waals surface area contributed by atoms with Crippen LogP contribution in [0.4, 0.5) is 0 Å². The fourth-order valence-electron chi connectivity index (χ4n) is 0.671. The summed E-state index contributed by atoms with van der Waals surface area (Å²) in [6, 6.07) is 0. The van der Waals surface area contributed by atoms with E-state index in [1.807, 2.05) is 0 Å². The molecule has 0 aliphatic heterocycles. The van der Waals surface area contributed by atoms with E-state index in [1.54, 1.807) is 0 Å². The monoisotopic (exact) mass is 280 g/mol. The summed E-state index contributed by atoms with van der Waals surface area (Å²) in [5, 5.41) is 0. The zero-order chi connectivity index (χ0) is 5.70. The van der Waals surface area contributed by atoms with Crippen molar-refractivity contribution in [3.8, 4) is 0 Å². The van der Waals surface area contributed by atoms with E-state index in [4.69, 9.17) is 0 Å². The molecule has 9 heavy (non-hydrogen) atoms. The van der Waals surface area contributed by atoms with E-state index in [0.717, 1.165) is 0 Å². The van der Waals surface area contributed by atoms with Crippen LogP contribution in [0.2, 0.25) is 13.1 Å². The zero-order valence-electron chi connectivity index (χ0n) is 6.39. The summed E-state index contributed by atoms with van der Waals surface area (Å²) in [6.45, 7) is 7.03. The minimum atomic E-state index is -0.542. The maximum atomic E-state index is 2.34. The van der Waals surface area contributed by atoms with Gasteiger partial charge in [-0.2, -0.15) is 0 Å². The van der Waals surface area contributed by atoms with Gasteiger partial charge in [-0.25, -0.2) is 0 Å². The fourth-order valence-corrected chi connectivity index (χ4v) is 4.50. The minimum Gasteiger partial charge on any atom is -0.147 e. The van der Waals surface area contributed by atoms with E-state index < -0.39 is 20.2 Å². The first kappa shape index (κ1) is 16.8. The molecule has 0 spiro atoms. The van der Waals surface area contributed by atoms with Crippen molar-refractivity contribution >= 4 is 45.0 Å². The second kappa shape index (κ2) is 12.1. The Labute approximate surface area is 78.6 Å². The van der Waals surface area contributed by atoms with Gasteiger partial charge in [-0.1, -0.05) is 0 Å². The second-order valence-electron chi connectivity index (χ2n) is 1.62. The molecule has 0 saturated carbocycles. The summed E-state index contributed by atoms with van der Waals surface area (Å²) in [7, 11) is 0. The molecule has 0 saturated heterocycles. The number of rotatable bonds is 3. The Kier molecular flexibility index (Phi) is 22.6. The molecule has 0 aliphatic rings. The quantitative estimate of drug-likeness (QED) is 0.696. The summed E-state index contributed by atoms with van der Waals surface area (Å²) in [5.41, 5.74) is 0. The normalized spacial score (nSPS) is 8.00. The van der Waals surface area contributed by atoms with Gasteiger partial charge in [-0.15, -0.1) is 24.8 Å². The van der Waals surface area contributed by atoms with Crippen LogP contribution in [-0.2, 0) is 0 Å². The van der Waals surface area contributed by atoms with Crippen molar-refractivity contribution in [2.24, 2.45) is 0 Å². The summed E-state index contributed by atoms with van der Waals surface area (Å²) >= 11 is -0.542. The fraction of sp³-hybridized carbons (Fsp3) is 1.00. The Bertz CT molecular complexity index is 32.5. The zero-order valence-corrected chi connectivity index (χ0v) is 10.6. The van der Waals surface area contributed by atoms with Gasteiger partial charge in [-0.05, 0) is 0 Å². The minimum absolute atomic E-state index is 0. The predicted molar refractivity (Wildman–Crippen MR) is 51.7 cm³/mol. The van der Waals surface area contributed by atoms with Crippen molar-refractivity contribution in [3.63, 3.8) is 0 Å². The summed E-state index contributed by atoms with van der Waals surface area (Å²) in [6.07, 6.45) is 0. The van der Waals surface area contributed by atoms with Crippen LogP contribution in [0.5, 0.6) is 0 Å². The molecular formula is C6H17Cl2Sb. The molecule has 60 valence electrons. The van der Waals surface area contributed by atoms with Gasteiger partial charge in [0.05, 0.1) is 0 Å². The van der Waals surface area contributed by atoms with Crippen LogP contribution in [0.3, 0.4) is 0 Å². The Balaban J connectivity index is -0.000000180. The molecule has 0 heterocycles. The summed E-state index contributed by atoms with van der Waals surface area (Å²) in [4.78, 5) is 0. The third-order valence-electron chi connectivity index (χ3n) is 1.34. The van der Waals surface area contributed by atoms with E-state index in [9.17, 15) is 0 Å². The Morgan fingerprint density at radius 1 is 0.778 bits per heavy atom. The van der Waals surface area contributed by atoms with Crippen LogP contribution < -0.4 is 0 Å². The predicted octanol–water partition coefficient (Wildman–Crippen LogP) is 3.38. The van der Waals surface area contributed by atoms with Crippen LogP contribution in [0.15, 0.2) is 0 Å². The van der Waals surface area contributed by atoms with Crippen molar-refractivity contribution < 1.29 is 0 Å². The first-order valence-electron chi connectivity index (χ1n) is 3.07. The Morgan fingerprint density at radius 2 is 1.00 bits per heavy atom. The van der Waals surface area contributed by atoms with Gasteiger partial charge in [0.25, 0.3) is 0 Å². The van der Waals surface area contributed by atoms with E-state index in [2.05, 4.69) is 20.8 Å². The topological polar surface area (TPSA) is 0 Å². The van der Waals surface area contributed by atoms with Crippen molar-refractivity contribution in [1.29, 1.82) is 0 Å². The molecule has 0 radical (unpaired) electrons. The molecule has 0 bridgehead atoms. The van der Waals surface area contributed by atoms with Gasteiger partial charge in [0, 0.05) is 0 Å². The first-order chi connectivity index (χ1) is 3.35. The Morgan fingerprint density at radius 3 is 1.00 bits per heavy atom. The van der Waals surface area contributed by atoms with Crippen molar-refractivity contribution in [1.82, 2.24) is 0 Å². The molecule has 0 N–H and O–H groups in total. The third kappa shape index (κ3) is 9.40. The van der Waals surface area contributed by atoms with Gasteiger partial charge in [0.2, 0.25) is 0 Å². The van der Waals surface area contributed by atoms with E-state index in [-0.39, 0.29) is 24.8 Å². The van der Waals surface area contributed by atoms with E-state index in [1.165, 1.54) is 13.1 Å². The second-order valence-corrected chi connectivity index (χ2v) is 10.9. The summed E-state index contributed by atoms with van der Waals surface area (Å²) in [5.74, 6) is 0. The van der Waals surface area contributed by atoms with Crippen molar-refractivity contribution in [2.45, 2.75) is 33.9 Å². The van der Waals surface area contributed by atoms with Crippen LogP contribution in [0, 0.1) is 0 Å². The van der Waals surface area contributed by atoms with Crippen molar-refractivity contribution in [2.75, 3.05) is 0 Å². The van der Waals surface area contributed by atoms with Crippen molar-refractivity contribution in [3.05, 3.63) is 0 Å². The maximum Gasteiger partial charge on any atom is -0.147 e. The van der Waals surface area contributed by atoms with E-state index in [0.29, 0.717) is 0 Å². The van der Waals surface area contributed by atoms with Gasteiger partial charge in [-0.3, -0.25) is 0 Å². The number of hydrogen-bond donors (Lipinski definition) is 0. The van der Waals surface area contributed by atoms with Gasteiger partial charge in [0.15, 0.2) is 0 Å². The molecule has 0 fully saturated rings. The number of halogens is 2. The molecule has 0 atom stereocenters. The van der Waals surface area contributed by atoms with Crippen LogP contribution in [0.1, 0.15) is 20.8 Å². The van der Waals surface area contributed by atoms with Crippen LogP contribution in [0.25, 0.3) is 0 Å². The molecule has 0 aromatic heterocycles. The van der Waals surface area contributed by atoms with E-state index >= 15 is 0 Å². The molecule has 0 amide bonds. The molecule has 3 heteroatoms. The average Bonchev–Trinajstić information content (AvgIpc) is 1.72. The van der Waals surface area contributed by atoms with Gasteiger partial charge in [0.1, 0.15) is 0 Å². The third-order valence-corrected chi connectivity index (χ3v) is 9.00. The molecule has 0 aliphatic carbocycles. The largest absolute Gasteiger partial charge is 0.147 e. The van der Waals surface area contributed by atoms with Crippen LogP contribution >= 0.6 is 24.8 Å². The van der Waals surface area contributed by atoms with Gasteiger partial charge >= 0.3 is 54.1 Å². The van der Waals surface area contributed by atoms with Gasteiger partial charge < -0.3 is 0 Å². The first-order valence-corrected chi connectivity index (χ1v) is 8.49. The smallest absolute Gasteiger partial charge is 0.147 e. The molecule has 0 aromatic carbocycles. The summed E-state index contributed by atoms with van der Waals surface area (Å²) < 4.78 is 4.61. The Hall–Kier alpha value is 1.40. The number of hydrogen-bond acceptors (Lipinski definition) is 0. The van der Waals surface area contributed by atoms with Crippen LogP contribution in [-0.4, -0.2) is 20.2 Å². The molecule has 0 unspecified atom stereocenters. The average molecular weight is 282 g/mol. The standard InChI is InChI=1S/3C2H5.2ClH.Sb/c3*1-2;;;/h3*1H2,2H3;2*1H;.